The summed E-state index contributed by atoms with van der Waals surface area (Å²) >= 11 is 0. The molecule has 0 aliphatic heterocycles. The van der Waals surface area contributed by atoms with Crippen LogP contribution in [-0.4, -0.2) is 19.0 Å². The Bertz CT molecular complexity index is 117. The van der Waals surface area contributed by atoms with E-state index in [1.807, 2.05) is 0 Å². The van der Waals surface area contributed by atoms with Gasteiger partial charge in [0.1, 0.15) is 0 Å². The summed E-state index contributed by atoms with van der Waals surface area (Å²) in [6, 6.07) is -0.112. The van der Waals surface area contributed by atoms with Gasteiger partial charge in [-0.15, -0.1) is 6.42 Å². The van der Waals surface area contributed by atoms with Gasteiger partial charge in [-0.05, 0) is 6.92 Å². The highest BCUT2D eigenvalue weighted by Gasteiger charge is 2.01. The van der Waals surface area contributed by atoms with Crippen molar-refractivity contribution < 1.29 is 8.78 Å². The Morgan fingerprint density at radius 2 is 2.20 bits per heavy atom. The molecular formula is C7H11F2N. The minimum Gasteiger partial charge on any atom is -0.304 e. The summed E-state index contributed by atoms with van der Waals surface area (Å²) in [5.74, 6) is 2.38. The van der Waals surface area contributed by atoms with Crippen LogP contribution in [0.2, 0.25) is 0 Å². The van der Waals surface area contributed by atoms with Gasteiger partial charge in [-0.25, -0.2) is 8.78 Å². The number of hydrogen-bond donors (Lipinski definition) is 1. The fourth-order valence-electron chi connectivity index (χ4n) is 0.468. The highest BCUT2D eigenvalue weighted by Crippen LogP contribution is 1.96. The molecule has 0 aliphatic carbocycles. The van der Waals surface area contributed by atoms with E-state index in [-0.39, 0.29) is 19.0 Å². The van der Waals surface area contributed by atoms with Crippen LogP contribution in [0.25, 0.3) is 0 Å². The zero-order valence-corrected chi connectivity index (χ0v) is 5.90. The van der Waals surface area contributed by atoms with Crippen LogP contribution in [0.5, 0.6) is 0 Å². The molecule has 0 spiro atoms. The summed E-state index contributed by atoms with van der Waals surface area (Å²) in [4.78, 5) is 0. The molecule has 0 aromatic heterocycles. The van der Waals surface area contributed by atoms with Crippen LogP contribution in [0.15, 0.2) is 0 Å². The second-order valence-electron chi connectivity index (χ2n) is 2.02. The first kappa shape index (κ1) is 9.38. The standard InChI is InChI=1S/C7H11F2N/c1-3-6(2)10-5-4-7(8)9/h1,6-7,10H,4-5H2,2H3. The van der Waals surface area contributed by atoms with Gasteiger partial charge in [0.2, 0.25) is 6.43 Å². The number of rotatable bonds is 4. The number of hydrogen-bond acceptors (Lipinski definition) is 1. The molecule has 0 heterocycles. The van der Waals surface area contributed by atoms with Crippen LogP contribution in [0, 0.1) is 12.3 Å². The van der Waals surface area contributed by atoms with E-state index < -0.39 is 6.43 Å². The molecule has 1 N–H and O–H groups in total. The molecule has 0 aliphatic rings. The Balaban J connectivity index is 3.13. The molecule has 0 bridgehead atoms. The van der Waals surface area contributed by atoms with Gasteiger partial charge in [0.05, 0.1) is 6.04 Å². The second kappa shape index (κ2) is 5.19. The third-order valence-electron chi connectivity index (χ3n) is 1.06. The second-order valence-corrected chi connectivity index (χ2v) is 2.02. The van der Waals surface area contributed by atoms with Crippen molar-refractivity contribution in [3.05, 3.63) is 0 Å². The first-order valence-electron chi connectivity index (χ1n) is 3.14. The topological polar surface area (TPSA) is 12.0 Å². The van der Waals surface area contributed by atoms with Crippen LogP contribution < -0.4 is 5.32 Å². The largest absolute Gasteiger partial charge is 0.304 e. The van der Waals surface area contributed by atoms with E-state index in [0.717, 1.165) is 0 Å². The molecule has 10 heavy (non-hydrogen) atoms. The maximum atomic E-state index is 11.5. The molecule has 0 saturated heterocycles. The van der Waals surface area contributed by atoms with Crippen LogP contribution in [0.3, 0.4) is 0 Å². The van der Waals surface area contributed by atoms with Gasteiger partial charge < -0.3 is 5.32 Å². The molecule has 0 aromatic carbocycles. The van der Waals surface area contributed by atoms with Gasteiger partial charge in [-0.1, -0.05) is 5.92 Å². The van der Waals surface area contributed by atoms with E-state index in [1.165, 1.54) is 0 Å². The van der Waals surface area contributed by atoms with Gasteiger partial charge in [0, 0.05) is 13.0 Å². The molecule has 0 saturated carbocycles. The Kier molecular flexibility index (Phi) is 4.87. The van der Waals surface area contributed by atoms with Crippen molar-refractivity contribution in [1.82, 2.24) is 5.32 Å². The first-order chi connectivity index (χ1) is 4.66. The smallest absolute Gasteiger partial charge is 0.239 e. The maximum Gasteiger partial charge on any atom is 0.239 e. The van der Waals surface area contributed by atoms with Crippen molar-refractivity contribution in [2.45, 2.75) is 25.8 Å². The Morgan fingerprint density at radius 1 is 1.60 bits per heavy atom. The molecule has 0 radical (unpaired) electrons. The van der Waals surface area contributed by atoms with Crippen molar-refractivity contribution >= 4 is 0 Å². The fraction of sp³-hybridized carbons (Fsp3) is 0.714. The van der Waals surface area contributed by atoms with Gasteiger partial charge in [0.15, 0.2) is 0 Å². The summed E-state index contributed by atoms with van der Waals surface area (Å²) < 4.78 is 23.0. The maximum absolute atomic E-state index is 11.5. The van der Waals surface area contributed by atoms with Crippen molar-refractivity contribution in [1.29, 1.82) is 0 Å². The molecule has 0 aromatic rings. The first-order valence-corrected chi connectivity index (χ1v) is 3.14. The molecule has 0 fully saturated rings. The summed E-state index contributed by atoms with van der Waals surface area (Å²) in [5, 5.41) is 2.75. The summed E-state index contributed by atoms with van der Waals surface area (Å²) in [6.07, 6.45) is 2.62. The minimum atomic E-state index is -2.24. The van der Waals surface area contributed by atoms with Crippen LogP contribution >= 0.6 is 0 Å². The lowest BCUT2D eigenvalue weighted by atomic mass is 10.3. The average molecular weight is 147 g/mol. The van der Waals surface area contributed by atoms with Crippen molar-refractivity contribution in [3.8, 4) is 12.3 Å². The van der Waals surface area contributed by atoms with Crippen molar-refractivity contribution in [2.75, 3.05) is 6.54 Å². The Labute approximate surface area is 59.8 Å². The lowest BCUT2D eigenvalue weighted by Gasteiger charge is -2.05. The average Bonchev–Trinajstić information content (AvgIpc) is 1.87. The number of alkyl halides is 2. The zero-order valence-electron chi connectivity index (χ0n) is 5.90. The van der Waals surface area contributed by atoms with Gasteiger partial charge in [-0.3, -0.25) is 0 Å². The van der Waals surface area contributed by atoms with Crippen molar-refractivity contribution in [3.63, 3.8) is 0 Å². The summed E-state index contributed by atoms with van der Waals surface area (Å²) in [7, 11) is 0. The van der Waals surface area contributed by atoms with E-state index in [0.29, 0.717) is 0 Å². The quantitative estimate of drug-likeness (QED) is 0.590. The molecule has 1 nitrogen and oxygen atoms in total. The predicted molar refractivity (Wildman–Crippen MR) is 36.9 cm³/mol. The molecule has 1 atom stereocenters. The highest BCUT2D eigenvalue weighted by atomic mass is 19.3. The fourth-order valence-corrected chi connectivity index (χ4v) is 0.468. The zero-order chi connectivity index (χ0) is 7.98. The van der Waals surface area contributed by atoms with Crippen LogP contribution in [0.1, 0.15) is 13.3 Å². The summed E-state index contributed by atoms with van der Waals surface area (Å²) in [6.45, 7) is 2.04. The minimum absolute atomic E-state index is 0.112. The molecule has 0 rings (SSSR count). The van der Waals surface area contributed by atoms with Gasteiger partial charge >= 0.3 is 0 Å². The molecule has 1 unspecified atom stereocenters. The number of halogens is 2. The van der Waals surface area contributed by atoms with E-state index >= 15 is 0 Å². The Morgan fingerprint density at radius 3 is 2.60 bits per heavy atom. The monoisotopic (exact) mass is 147 g/mol. The van der Waals surface area contributed by atoms with Crippen molar-refractivity contribution in [2.24, 2.45) is 0 Å². The van der Waals surface area contributed by atoms with E-state index in [2.05, 4.69) is 11.2 Å². The summed E-state index contributed by atoms with van der Waals surface area (Å²) in [5.41, 5.74) is 0. The van der Waals surface area contributed by atoms with E-state index in [9.17, 15) is 8.78 Å². The molecule has 3 heteroatoms. The number of terminal acetylenes is 1. The highest BCUT2D eigenvalue weighted by molar-refractivity contribution is 4.95. The lowest BCUT2D eigenvalue weighted by molar-refractivity contribution is 0.137. The number of nitrogens with one attached hydrogen (secondary N) is 1. The molecule has 0 amide bonds. The van der Waals surface area contributed by atoms with Crippen LogP contribution in [0.4, 0.5) is 8.78 Å². The lowest BCUT2D eigenvalue weighted by Crippen LogP contribution is -2.26. The molecule has 58 valence electrons. The predicted octanol–water partition coefficient (Wildman–Crippen LogP) is 1.25. The third kappa shape index (κ3) is 5.52. The van der Waals surface area contributed by atoms with E-state index in [4.69, 9.17) is 6.42 Å². The third-order valence-corrected chi connectivity index (χ3v) is 1.06. The SMILES string of the molecule is C#CC(C)NCCC(F)F. The van der Waals surface area contributed by atoms with Gasteiger partial charge in [-0.2, -0.15) is 0 Å². The van der Waals surface area contributed by atoms with E-state index in [1.54, 1.807) is 6.92 Å². The van der Waals surface area contributed by atoms with Crippen LogP contribution in [-0.2, 0) is 0 Å². The van der Waals surface area contributed by atoms with Gasteiger partial charge in [0.25, 0.3) is 0 Å². The Hall–Kier alpha value is -0.620. The normalized spacial score (nSPS) is 13.1. The molecular weight excluding hydrogens is 136 g/mol.